The Bertz CT molecular complexity index is 891. The van der Waals surface area contributed by atoms with Crippen LogP contribution in [0.3, 0.4) is 0 Å². The Balaban J connectivity index is 1.86. The van der Waals surface area contributed by atoms with E-state index in [0.29, 0.717) is 29.8 Å². The molecule has 1 aliphatic rings. The predicted octanol–water partition coefficient (Wildman–Crippen LogP) is 2.24. The summed E-state index contributed by atoms with van der Waals surface area (Å²) in [7, 11) is 0. The minimum absolute atomic E-state index is 0.296. The van der Waals surface area contributed by atoms with Crippen molar-refractivity contribution in [1.82, 2.24) is 0 Å². The zero-order valence-corrected chi connectivity index (χ0v) is 16.5. The second-order valence-electron chi connectivity index (χ2n) is 7.19. The predicted molar refractivity (Wildman–Crippen MR) is 106 cm³/mol. The van der Waals surface area contributed by atoms with E-state index in [0.717, 1.165) is 28.8 Å². The van der Waals surface area contributed by atoms with Crippen molar-refractivity contribution in [2.24, 2.45) is 17.6 Å². The monoisotopic (exact) mass is 399 g/mol. The SMILES string of the molecule is Cc1c(Cc2ccccc2)sc(NC(=O)[C@H]2CCCC[C@@H]2C(=O)[O-])c1C(N)=O. The van der Waals surface area contributed by atoms with Crippen LogP contribution in [0.25, 0.3) is 0 Å². The van der Waals surface area contributed by atoms with Gasteiger partial charge in [0.2, 0.25) is 5.91 Å². The number of carboxylic acids is 1. The molecule has 0 radical (unpaired) electrons. The quantitative estimate of drug-likeness (QED) is 0.775. The number of rotatable bonds is 6. The Kier molecular flexibility index (Phi) is 6.14. The molecule has 3 N–H and O–H groups in total. The lowest BCUT2D eigenvalue weighted by Crippen LogP contribution is -2.42. The van der Waals surface area contributed by atoms with Crippen molar-refractivity contribution in [1.29, 1.82) is 0 Å². The van der Waals surface area contributed by atoms with Crippen molar-refractivity contribution < 1.29 is 19.5 Å². The van der Waals surface area contributed by atoms with Crippen molar-refractivity contribution in [3.8, 4) is 0 Å². The van der Waals surface area contributed by atoms with Gasteiger partial charge in [-0.3, -0.25) is 9.59 Å². The molecule has 2 amide bonds. The summed E-state index contributed by atoms with van der Waals surface area (Å²) in [5.41, 5.74) is 7.70. The molecule has 2 aromatic rings. The van der Waals surface area contributed by atoms with E-state index in [4.69, 9.17) is 5.73 Å². The molecule has 0 unspecified atom stereocenters. The van der Waals surface area contributed by atoms with Crippen LogP contribution < -0.4 is 16.2 Å². The van der Waals surface area contributed by atoms with Crippen LogP contribution >= 0.6 is 11.3 Å². The Labute approximate surface area is 167 Å². The molecular formula is C21H23N2O4S-. The first-order chi connectivity index (χ1) is 13.4. The standard InChI is InChI=1S/C21H24N2O4S/c1-12-16(11-13-7-3-2-4-8-13)28-20(17(12)18(22)24)23-19(25)14-9-5-6-10-15(14)21(26)27/h2-4,7-8,14-15H,5-6,9-11H2,1H3,(H2,22,24)(H,23,25)(H,26,27)/p-1/t14-,15-/m0/s1. The molecule has 1 saturated carbocycles. The number of carboxylic acid groups (broad SMARTS) is 1. The Morgan fingerprint density at radius 2 is 1.79 bits per heavy atom. The van der Waals surface area contributed by atoms with E-state index in [1.165, 1.54) is 11.3 Å². The fourth-order valence-corrected chi connectivity index (χ4v) is 5.07. The van der Waals surface area contributed by atoms with Gasteiger partial charge in [0.15, 0.2) is 0 Å². The fraction of sp³-hybridized carbons (Fsp3) is 0.381. The van der Waals surface area contributed by atoms with Gasteiger partial charge < -0.3 is 21.0 Å². The molecule has 1 aromatic heterocycles. The van der Waals surface area contributed by atoms with E-state index >= 15 is 0 Å². The average molecular weight is 399 g/mol. The summed E-state index contributed by atoms with van der Waals surface area (Å²) in [5, 5.41) is 14.6. The number of hydrogen-bond acceptors (Lipinski definition) is 5. The van der Waals surface area contributed by atoms with Crippen LogP contribution in [0.15, 0.2) is 30.3 Å². The summed E-state index contributed by atoms with van der Waals surface area (Å²) in [5.74, 6) is -3.63. The van der Waals surface area contributed by atoms with Crippen molar-refractivity contribution in [3.05, 3.63) is 51.9 Å². The Morgan fingerprint density at radius 3 is 2.39 bits per heavy atom. The van der Waals surface area contributed by atoms with Gasteiger partial charge in [-0.25, -0.2) is 0 Å². The number of aliphatic carboxylic acids is 1. The zero-order chi connectivity index (χ0) is 20.3. The van der Waals surface area contributed by atoms with Crippen molar-refractivity contribution in [2.75, 3.05) is 5.32 Å². The summed E-state index contributed by atoms with van der Waals surface area (Å²) < 4.78 is 0. The summed E-state index contributed by atoms with van der Waals surface area (Å²) in [6, 6.07) is 9.81. The van der Waals surface area contributed by atoms with E-state index < -0.39 is 23.7 Å². The average Bonchev–Trinajstić information content (AvgIpc) is 2.97. The van der Waals surface area contributed by atoms with E-state index in [9.17, 15) is 19.5 Å². The number of anilines is 1. The van der Waals surface area contributed by atoms with E-state index in [1.807, 2.05) is 37.3 Å². The van der Waals surface area contributed by atoms with Crippen LogP contribution in [0.2, 0.25) is 0 Å². The third-order valence-corrected chi connectivity index (χ3v) is 6.55. The summed E-state index contributed by atoms with van der Waals surface area (Å²) >= 11 is 1.32. The highest BCUT2D eigenvalue weighted by molar-refractivity contribution is 7.17. The van der Waals surface area contributed by atoms with Crippen molar-refractivity contribution in [2.45, 2.75) is 39.0 Å². The maximum atomic E-state index is 12.8. The number of carbonyl (C=O) groups excluding carboxylic acids is 3. The molecule has 28 heavy (non-hydrogen) atoms. The minimum Gasteiger partial charge on any atom is -0.550 e. The van der Waals surface area contributed by atoms with Gasteiger partial charge in [0.25, 0.3) is 5.91 Å². The molecule has 3 rings (SSSR count). The summed E-state index contributed by atoms with van der Waals surface area (Å²) in [4.78, 5) is 37.1. The van der Waals surface area contributed by atoms with E-state index in [-0.39, 0.29) is 5.91 Å². The van der Waals surface area contributed by atoms with Crippen LogP contribution in [0.1, 0.15) is 52.0 Å². The number of amides is 2. The largest absolute Gasteiger partial charge is 0.550 e. The molecule has 0 aliphatic heterocycles. The lowest BCUT2D eigenvalue weighted by Gasteiger charge is -2.31. The first kappa shape index (κ1) is 20.1. The molecule has 1 aliphatic carbocycles. The Morgan fingerprint density at radius 1 is 1.14 bits per heavy atom. The van der Waals surface area contributed by atoms with Gasteiger partial charge in [-0.2, -0.15) is 0 Å². The van der Waals surface area contributed by atoms with Gasteiger partial charge in [0, 0.05) is 29.1 Å². The van der Waals surface area contributed by atoms with Gasteiger partial charge in [-0.1, -0.05) is 43.2 Å². The molecule has 6 nitrogen and oxygen atoms in total. The molecule has 7 heteroatoms. The second kappa shape index (κ2) is 8.56. The minimum atomic E-state index is -1.19. The van der Waals surface area contributed by atoms with Gasteiger partial charge in [0.1, 0.15) is 5.00 Å². The number of thiophene rings is 1. The number of carbonyl (C=O) groups is 3. The molecule has 0 saturated heterocycles. The third-order valence-electron chi connectivity index (χ3n) is 5.34. The van der Waals surface area contributed by atoms with Crippen LogP contribution in [-0.4, -0.2) is 17.8 Å². The summed E-state index contributed by atoms with van der Waals surface area (Å²) in [6.45, 7) is 1.81. The van der Waals surface area contributed by atoms with Gasteiger partial charge in [-0.15, -0.1) is 11.3 Å². The molecule has 148 valence electrons. The summed E-state index contributed by atoms with van der Waals surface area (Å²) in [6.07, 6.45) is 3.13. The Hall–Kier alpha value is -2.67. The zero-order valence-electron chi connectivity index (χ0n) is 15.7. The number of hydrogen-bond donors (Lipinski definition) is 2. The number of nitrogens with one attached hydrogen (secondary N) is 1. The highest BCUT2D eigenvalue weighted by Gasteiger charge is 2.33. The maximum absolute atomic E-state index is 12.8. The number of nitrogens with two attached hydrogens (primary N) is 1. The number of primary amides is 1. The lowest BCUT2D eigenvalue weighted by molar-refractivity contribution is -0.313. The van der Waals surface area contributed by atoms with Crippen LogP contribution in [0.4, 0.5) is 5.00 Å². The molecule has 0 spiro atoms. The van der Waals surface area contributed by atoms with Gasteiger partial charge in [0.05, 0.1) is 5.56 Å². The number of benzene rings is 1. The van der Waals surface area contributed by atoms with Crippen LogP contribution in [0, 0.1) is 18.8 Å². The van der Waals surface area contributed by atoms with E-state index in [1.54, 1.807) is 0 Å². The first-order valence-corrected chi connectivity index (χ1v) is 10.2. The lowest BCUT2D eigenvalue weighted by atomic mass is 9.79. The van der Waals surface area contributed by atoms with E-state index in [2.05, 4.69) is 5.32 Å². The molecule has 2 atom stereocenters. The van der Waals surface area contributed by atoms with Crippen molar-refractivity contribution in [3.63, 3.8) is 0 Å². The highest BCUT2D eigenvalue weighted by Crippen LogP contribution is 2.36. The topological polar surface area (TPSA) is 112 Å². The molecule has 0 bridgehead atoms. The fourth-order valence-electron chi connectivity index (χ4n) is 3.83. The molecule has 1 fully saturated rings. The smallest absolute Gasteiger partial charge is 0.251 e. The van der Waals surface area contributed by atoms with Gasteiger partial charge >= 0.3 is 0 Å². The third kappa shape index (κ3) is 4.25. The van der Waals surface area contributed by atoms with Crippen molar-refractivity contribution >= 4 is 34.1 Å². The first-order valence-electron chi connectivity index (χ1n) is 9.36. The van der Waals surface area contributed by atoms with Crippen LogP contribution in [0.5, 0.6) is 0 Å². The molecular weight excluding hydrogens is 376 g/mol. The highest BCUT2D eigenvalue weighted by atomic mass is 32.1. The maximum Gasteiger partial charge on any atom is 0.251 e. The molecule has 1 heterocycles. The second-order valence-corrected chi connectivity index (χ2v) is 8.29. The normalized spacial score (nSPS) is 19.2. The van der Waals surface area contributed by atoms with Gasteiger partial charge in [-0.05, 0) is 30.9 Å². The van der Waals surface area contributed by atoms with Crippen LogP contribution in [-0.2, 0) is 16.0 Å². The molecule has 1 aromatic carbocycles.